The van der Waals surface area contributed by atoms with Gasteiger partial charge in [0, 0.05) is 12.4 Å². The Morgan fingerprint density at radius 3 is 2.69 bits per heavy atom. The van der Waals surface area contributed by atoms with Gasteiger partial charge in [-0.05, 0) is 24.5 Å². The summed E-state index contributed by atoms with van der Waals surface area (Å²) in [4.78, 5) is 4.38. The fourth-order valence-corrected chi connectivity index (χ4v) is 1.48. The van der Waals surface area contributed by atoms with Gasteiger partial charge in [-0.25, -0.2) is 4.98 Å². The van der Waals surface area contributed by atoms with Gasteiger partial charge in [-0.2, -0.15) is 0 Å². The van der Waals surface area contributed by atoms with E-state index in [1.165, 1.54) is 5.56 Å². The van der Waals surface area contributed by atoms with Crippen LogP contribution in [0, 0.1) is 6.92 Å². The molecule has 0 radical (unpaired) electrons. The molecule has 0 aliphatic rings. The molecule has 0 amide bonds. The first-order chi connectivity index (χ1) is 6.16. The van der Waals surface area contributed by atoms with Gasteiger partial charge in [-0.1, -0.05) is 19.9 Å². The lowest BCUT2D eigenvalue weighted by molar-refractivity contribution is 0.853. The molecule has 2 aromatic heterocycles. The Balaban J connectivity index is 2.61. The fourth-order valence-electron chi connectivity index (χ4n) is 1.48. The summed E-state index contributed by atoms with van der Waals surface area (Å²) in [7, 11) is 0. The molecule has 0 saturated carbocycles. The normalized spacial score (nSPS) is 11.4. The Hall–Kier alpha value is -1.31. The molecule has 2 rings (SSSR count). The van der Waals surface area contributed by atoms with Crippen LogP contribution in [0.2, 0.25) is 0 Å². The highest BCUT2D eigenvalue weighted by Crippen LogP contribution is 2.15. The molecule has 0 spiro atoms. The van der Waals surface area contributed by atoms with Gasteiger partial charge in [0.15, 0.2) is 0 Å². The molecular weight excluding hydrogens is 160 g/mol. The number of hydrogen-bond donors (Lipinski definition) is 0. The lowest BCUT2D eigenvalue weighted by Crippen LogP contribution is -1.91. The minimum absolute atomic E-state index is 0.576. The molecule has 0 fully saturated rings. The summed E-state index contributed by atoms with van der Waals surface area (Å²) in [5.41, 5.74) is 3.45. The van der Waals surface area contributed by atoms with Gasteiger partial charge in [0.05, 0.1) is 5.69 Å². The molecule has 2 heteroatoms. The van der Waals surface area contributed by atoms with Crippen molar-refractivity contribution in [3.05, 3.63) is 35.8 Å². The molecule has 0 aromatic carbocycles. The number of hydrogen-bond acceptors (Lipinski definition) is 1. The molecule has 2 heterocycles. The van der Waals surface area contributed by atoms with Crippen molar-refractivity contribution < 1.29 is 0 Å². The van der Waals surface area contributed by atoms with Gasteiger partial charge in [-0.15, -0.1) is 0 Å². The van der Waals surface area contributed by atoms with Gasteiger partial charge >= 0.3 is 0 Å². The van der Waals surface area contributed by atoms with Gasteiger partial charge in [0.25, 0.3) is 0 Å². The molecule has 0 saturated heterocycles. The second kappa shape index (κ2) is 2.87. The van der Waals surface area contributed by atoms with Gasteiger partial charge in [0.1, 0.15) is 5.65 Å². The highest BCUT2D eigenvalue weighted by Gasteiger charge is 2.01. The highest BCUT2D eigenvalue weighted by molar-refractivity contribution is 5.41. The second-order valence-corrected chi connectivity index (χ2v) is 3.76. The van der Waals surface area contributed by atoms with E-state index in [0.29, 0.717) is 5.92 Å². The summed E-state index contributed by atoms with van der Waals surface area (Å²) in [5.74, 6) is 0.576. The third-order valence-corrected chi connectivity index (χ3v) is 2.26. The van der Waals surface area contributed by atoms with Crippen LogP contribution in [0.3, 0.4) is 0 Å². The number of imidazole rings is 1. The van der Waals surface area contributed by atoms with Gasteiger partial charge in [0.2, 0.25) is 0 Å². The monoisotopic (exact) mass is 174 g/mol. The SMILES string of the molecule is Cc1cn2cc(C(C)C)ccc2n1. The van der Waals surface area contributed by atoms with E-state index >= 15 is 0 Å². The molecule has 0 bridgehead atoms. The quantitative estimate of drug-likeness (QED) is 0.649. The number of aromatic nitrogens is 2. The number of fused-ring (bicyclic) bond motifs is 1. The zero-order valence-corrected chi connectivity index (χ0v) is 8.28. The molecular formula is C11H14N2. The van der Waals surface area contributed by atoms with Crippen LogP contribution in [0.1, 0.15) is 31.0 Å². The number of rotatable bonds is 1. The Labute approximate surface area is 78.2 Å². The second-order valence-electron chi connectivity index (χ2n) is 3.76. The van der Waals surface area contributed by atoms with Crippen LogP contribution in [0.5, 0.6) is 0 Å². The summed E-state index contributed by atoms with van der Waals surface area (Å²) >= 11 is 0. The van der Waals surface area contributed by atoms with Crippen molar-refractivity contribution in [1.82, 2.24) is 9.38 Å². The maximum absolute atomic E-state index is 4.38. The zero-order valence-electron chi connectivity index (χ0n) is 8.28. The van der Waals surface area contributed by atoms with E-state index in [-0.39, 0.29) is 0 Å². The molecule has 0 unspecified atom stereocenters. The van der Waals surface area contributed by atoms with Crippen LogP contribution < -0.4 is 0 Å². The third kappa shape index (κ3) is 1.44. The van der Waals surface area contributed by atoms with Crippen molar-refractivity contribution in [2.75, 3.05) is 0 Å². The molecule has 68 valence electrons. The average molecular weight is 174 g/mol. The summed E-state index contributed by atoms with van der Waals surface area (Å²) in [5, 5.41) is 0. The first-order valence-electron chi connectivity index (χ1n) is 4.62. The maximum Gasteiger partial charge on any atom is 0.136 e. The van der Waals surface area contributed by atoms with Crippen LogP contribution in [-0.4, -0.2) is 9.38 Å². The van der Waals surface area contributed by atoms with Crippen molar-refractivity contribution in [3.63, 3.8) is 0 Å². The summed E-state index contributed by atoms with van der Waals surface area (Å²) in [6.07, 6.45) is 4.21. The van der Waals surface area contributed by atoms with Gasteiger partial charge in [-0.3, -0.25) is 0 Å². The summed E-state index contributed by atoms with van der Waals surface area (Å²) in [6, 6.07) is 4.22. The molecule has 0 aliphatic carbocycles. The van der Waals surface area contributed by atoms with Crippen molar-refractivity contribution in [1.29, 1.82) is 0 Å². The molecule has 2 aromatic rings. The molecule has 0 aliphatic heterocycles. The average Bonchev–Trinajstić information content (AvgIpc) is 2.42. The lowest BCUT2D eigenvalue weighted by atomic mass is 10.1. The van der Waals surface area contributed by atoms with Crippen LogP contribution >= 0.6 is 0 Å². The van der Waals surface area contributed by atoms with Crippen LogP contribution in [0.4, 0.5) is 0 Å². The van der Waals surface area contributed by atoms with E-state index in [9.17, 15) is 0 Å². The largest absolute Gasteiger partial charge is 0.307 e. The van der Waals surface area contributed by atoms with E-state index < -0.39 is 0 Å². The Morgan fingerprint density at radius 2 is 2.00 bits per heavy atom. The van der Waals surface area contributed by atoms with Crippen molar-refractivity contribution in [2.24, 2.45) is 0 Å². The number of pyridine rings is 1. The summed E-state index contributed by atoms with van der Waals surface area (Å²) in [6.45, 7) is 6.41. The number of aryl methyl sites for hydroxylation is 1. The molecule has 2 nitrogen and oxygen atoms in total. The predicted molar refractivity (Wildman–Crippen MR) is 54.0 cm³/mol. The maximum atomic E-state index is 4.38. The van der Waals surface area contributed by atoms with E-state index in [2.05, 4.69) is 47.8 Å². The Morgan fingerprint density at radius 1 is 1.23 bits per heavy atom. The predicted octanol–water partition coefficient (Wildman–Crippen LogP) is 2.77. The van der Waals surface area contributed by atoms with E-state index in [0.717, 1.165) is 11.3 Å². The van der Waals surface area contributed by atoms with Crippen LogP contribution in [0.25, 0.3) is 5.65 Å². The highest BCUT2D eigenvalue weighted by atomic mass is 15.0. The molecule has 0 atom stereocenters. The first-order valence-corrected chi connectivity index (χ1v) is 4.62. The minimum Gasteiger partial charge on any atom is -0.307 e. The molecule has 13 heavy (non-hydrogen) atoms. The smallest absolute Gasteiger partial charge is 0.136 e. The third-order valence-electron chi connectivity index (χ3n) is 2.26. The first kappa shape index (κ1) is 8.30. The Bertz CT molecular complexity index is 427. The van der Waals surface area contributed by atoms with Gasteiger partial charge < -0.3 is 4.40 Å². The van der Waals surface area contributed by atoms with E-state index in [1.54, 1.807) is 0 Å². The van der Waals surface area contributed by atoms with Crippen LogP contribution in [-0.2, 0) is 0 Å². The minimum atomic E-state index is 0.576. The standard InChI is InChI=1S/C11H14N2/c1-8(2)10-4-5-11-12-9(3)6-13(11)7-10/h4-8H,1-3H3. The zero-order chi connectivity index (χ0) is 9.42. The van der Waals surface area contributed by atoms with E-state index in [1.807, 2.05) is 6.92 Å². The fraction of sp³-hybridized carbons (Fsp3) is 0.364. The summed E-state index contributed by atoms with van der Waals surface area (Å²) < 4.78 is 2.09. The number of nitrogens with zero attached hydrogens (tertiary/aromatic N) is 2. The molecule has 0 N–H and O–H groups in total. The van der Waals surface area contributed by atoms with Crippen molar-refractivity contribution in [3.8, 4) is 0 Å². The van der Waals surface area contributed by atoms with Crippen LogP contribution in [0.15, 0.2) is 24.5 Å². The van der Waals surface area contributed by atoms with Crippen molar-refractivity contribution in [2.45, 2.75) is 26.7 Å². The van der Waals surface area contributed by atoms with Crippen molar-refractivity contribution >= 4 is 5.65 Å². The Kier molecular flexibility index (Phi) is 1.83. The topological polar surface area (TPSA) is 17.3 Å². The lowest BCUT2D eigenvalue weighted by Gasteiger charge is -2.04. The van der Waals surface area contributed by atoms with E-state index in [4.69, 9.17) is 0 Å².